The molecule has 1 aromatic carbocycles. The van der Waals surface area contributed by atoms with Crippen molar-refractivity contribution in [2.75, 3.05) is 7.05 Å². The van der Waals surface area contributed by atoms with Crippen LogP contribution in [0.5, 0.6) is 5.75 Å². The summed E-state index contributed by atoms with van der Waals surface area (Å²) in [6.45, 7) is 1.82. The first-order chi connectivity index (χ1) is 9.11. The molecule has 1 amide bonds. The number of carbonyl (C=O) groups is 1. The van der Waals surface area contributed by atoms with Crippen molar-refractivity contribution in [3.05, 3.63) is 29.3 Å². The van der Waals surface area contributed by atoms with Gasteiger partial charge in [0.25, 0.3) is 5.91 Å². The summed E-state index contributed by atoms with van der Waals surface area (Å²) < 4.78 is 0. The number of aryl methyl sites for hydroxylation is 1. The van der Waals surface area contributed by atoms with Gasteiger partial charge in [0.15, 0.2) is 0 Å². The summed E-state index contributed by atoms with van der Waals surface area (Å²) in [7, 11) is 1.86. The summed E-state index contributed by atoms with van der Waals surface area (Å²) in [6, 6.07) is 5.66. The van der Waals surface area contributed by atoms with Gasteiger partial charge in [-0.15, -0.1) is 0 Å². The van der Waals surface area contributed by atoms with Gasteiger partial charge in [0.2, 0.25) is 0 Å². The number of phenolic OH excluding ortho intramolecular Hbond substituents is 1. The average Bonchev–Trinajstić information content (AvgIpc) is 2.69. The third-order valence-electron chi connectivity index (χ3n) is 4.16. The van der Waals surface area contributed by atoms with E-state index in [0.717, 1.165) is 18.4 Å². The molecule has 104 valence electrons. The van der Waals surface area contributed by atoms with Crippen molar-refractivity contribution in [1.82, 2.24) is 4.90 Å². The molecule has 1 N–H and O–H groups in total. The maximum absolute atomic E-state index is 12.5. The van der Waals surface area contributed by atoms with E-state index in [2.05, 4.69) is 0 Å². The number of hydrogen-bond acceptors (Lipinski definition) is 2. The van der Waals surface area contributed by atoms with Crippen LogP contribution in [-0.2, 0) is 0 Å². The minimum atomic E-state index is -0.0619. The lowest BCUT2D eigenvalue weighted by molar-refractivity contribution is 0.0714. The Hall–Kier alpha value is -1.51. The highest BCUT2D eigenvalue weighted by molar-refractivity contribution is 5.97. The topological polar surface area (TPSA) is 40.5 Å². The molecular formula is C16H23NO2. The predicted octanol–water partition coefficient (Wildman–Crippen LogP) is 3.50. The van der Waals surface area contributed by atoms with Gasteiger partial charge in [-0.2, -0.15) is 0 Å². The molecule has 0 radical (unpaired) electrons. The molecule has 0 heterocycles. The number of carbonyl (C=O) groups excluding carboxylic acids is 1. The maximum Gasteiger partial charge on any atom is 0.257 e. The lowest BCUT2D eigenvalue weighted by Crippen LogP contribution is -2.36. The Morgan fingerprint density at radius 1 is 1.21 bits per heavy atom. The molecule has 2 rings (SSSR count). The zero-order valence-corrected chi connectivity index (χ0v) is 11.9. The van der Waals surface area contributed by atoms with Gasteiger partial charge in [0.1, 0.15) is 5.75 Å². The van der Waals surface area contributed by atoms with E-state index in [1.54, 1.807) is 6.07 Å². The number of aromatic hydroxyl groups is 1. The second kappa shape index (κ2) is 6.09. The fraction of sp³-hybridized carbons (Fsp3) is 0.562. The highest BCUT2D eigenvalue weighted by Gasteiger charge is 2.24. The first-order valence-electron chi connectivity index (χ1n) is 7.17. The third kappa shape index (κ3) is 3.09. The SMILES string of the molecule is Cc1cccc(C(=O)N(C)C2CCCCCC2)c1O. The van der Waals surface area contributed by atoms with Crippen LogP contribution in [0.15, 0.2) is 18.2 Å². The molecule has 0 atom stereocenters. The Morgan fingerprint density at radius 3 is 2.47 bits per heavy atom. The summed E-state index contributed by atoms with van der Waals surface area (Å²) in [5.74, 6) is 0.0565. The molecule has 0 spiro atoms. The number of amides is 1. The quantitative estimate of drug-likeness (QED) is 0.828. The first kappa shape index (κ1) is 13.9. The molecule has 1 aromatic rings. The number of benzene rings is 1. The van der Waals surface area contributed by atoms with Crippen LogP contribution in [0.2, 0.25) is 0 Å². The van der Waals surface area contributed by atoms with Gasteiger partial charge < -0.3 is 10.0 Å². The zero-order valence-electron chi connectivity index (χ0n) is 11.9. The van der Waals surface area contributed by atoms with Crippen LogP contribution in [0.25, 0.3) is 0 Å². The molecule has 3 heteroatoms. The van der Waals surface area contributed by atoms with Crippen LogP contribution >= 0.6 is 0 Å². The predicted molar refractivity (Wildman–Crippen MR) is 76.4 cm³/mol. The van der Waals surface area contributed by atoms with Crippen molar-refractivity contribution in [3.63, 3.8) is 0 Å². The summed E-state index contributed by atoms with van der Waals surface area (Å²) in [5.41, 5.74) is 1.17. The van der Waals surface area contributed by atoms with Crippen molar-refractivity contribution < 1.29 is 9.90 Å². The lowest BCUT2D eigenvalue weighted by atomic mass is 10.0. The summed E-state index contributed by atoms with van der Waals surface area (Å²) >= 11 is 0. The second-order valence-corrected chi connectivity index (χ2v) is 5.53. The zero-order chi connectivity index (χ0) is 13.8. The Balaban J connectivity index is 2.15. The maximum atomic E-state index is 12.5. The lowest BCUT2D eigenvalue weighted by Gasteiger charge is -2.27. The van der Waals surface area contributed by atoms with Crippen LogP contribution in [0.1, 0.15) is 54.4 Å². The molecule has 0 bridgehead atoms. The molecule has 0 aliphatic heterocycles. The van der Waals surface area contributed by atoms with E-state index in [1.807, 2.05) is 31.0 Å². The fourth-order valence-corrected chi connectivity index (χ4v) is 2.83. The van der Waals surface area contributed by atoms with E-state index in [0.29, 0.717) is 11.6 Å². The third-order valence-corrected chi connectivity index (χ3v) is 4.16. The van der Waals surface area contributed by atoms with E-state index < -0.39 is 0 Å². The average molecular weight is 261 g/mol. The van der Waals surface area contributed by atoms with Gasteiger partial charge in [-0.3, -0.25) is 4.79 Å². The number of rotatable bonds is 2. The summed E-state index contributed by atoms with van der Waals surface area (Å²) in [4.78, 5) is 14.3. The molecule has 0 aromatic heterocycles. The van der Waals surface area contributed by atoms with Gasteiger partial charge in [0.05, 0.1) is 5.56 Å². The van der Waals surface area contributed by atoms with Crippen LogP contribution in [0.4, 0.5) is 0 Å². The van der Waals surface area contributed by atoms with Gasteiger partial charge in [-0.1, -0.05) is 37.8 Å². The molecule has 1 saturated carbocycles. The molecule has 0 saturated heterocycles. The minimum Gasteiger partial charge on any atom is -0.507 e. The Morgan fingerprint density at radius 2 is 1.84 bits per heavy atom. The van der Waals surface area contributed by atoms with Crippen molar-refractivity contribution in [2.24, 2.45) is 0 Å². The van der Waals surface area contributed by atoms with Crippen LogP contribution < -0.4 is 0 Å². The monoisotopic (exact) mass is 261 g/mol. The fourth-order valence-electron chi connectivity index (χ4n) is 2.83. The number of nitrogens with zero attached hydrogens (tertiary/aromatic N) is 1. The molecule has 0 unspecified atom stereocenters. The molecule has 1 fully saturated rings. The Kier molecular flexibility index (Phi) is 4.46. The number of phenols is 1. The second-order valence-electron chi connectivity index (χ2n) is 5.53. The normalized spacial score (nSPS) is 16.9. The van der Waals surface area contributed by atoms with Crippen LogP contribution in [0, 0.1) is 6.92 Å². The number of para-hydroxylation sites is 1. The van der Waals surface area contributed by atoms with Gasteiger partial charge in [-0.05, 0) is 31.4 Å². The highest BCUT2D eigenvalue weighted by Crippen LogP contribution is 2.26. The molecule has 3 nitrogen and oxygen atoms in total. The highest BCUT2D eigenvalue weighted by atomic mass is 16.3. The largest absolute Gasteiger partial charge is 0.507 e. The molecule has 1 aliphatic rings. The number of hydrogen-bond donors (Lipinski definition) is 1. The van der Waals surface area contributed by atoms with E-state index in [9.17, 15) is 9.90 Å². The van der Waals surface area contributed by atoms with Crippen molar-refractivity contribution in [3.8, 4) is 5.75 Å². The van der Waals surface area contributed by atoms with Gasteiger partial charge in [-0.25, -0.2) is 0 Å². The summed E-state index contributed by atoms with van der Waals surface area (Å²) in [6.07, 6.45) is 7.09. The van der Waals surface area contributed by atoms with E-state index in [-0.39, 0.29) is 11.7 Å². The van der Waals surface area contributed by atoms with Crippen molar-refractivity contribution in [2.45, 2.75) is 51.5 Å². The Labute approximate surface area is 115 Å². The van der Waals surface area contributed by atoms with Crippen LogP contribution in [0.3, 0.4) is 0 Å². The summed E-state index contributed by atoms with van der Waals surface area (Å²) in [5, 5.41) is 10.0. The van der Waals surface area contributed by atoms with Crippen molar-refractivity contribution in [1.29, 1.82) is 0 Å². The molecular weight excluding hydrogens is 238 g/mol. The van der Waals surface area contributed by atoms with Gasteiger partial charge >= 0.3 is 0 Å². The smallest absolute Gasteiger partial charge is 0.257 e. The van der Waals surface area contributed by atoms with Gasteiger partial charge in [0, 0.05) is 13.1 Å². The van der Waals surface area contributed by atoms with E-state index in [1.165, 1.54) is 25.7 Å². The molecule has 19 heavy (non-hydrogen) atoms. The van der Waals surface area contributed by atoms with Crippen LogP contribution in [-0.4, -0.2) is 29.0 Å². The van der Waals surface area contributed by atoms with E-state index in [4.69, 9.17) is 0 Å². The standard InChI is InChI=1S/C16H23NO2/c1-12-8-7-11-14(15(12)18)16(19)17(2)13-9-5-3-4-6-10-13/h7-8,11,13,18H,3-6,9-10H2,1-2H3. The van der Waals surface area contributed by atoms with E-state index >= 15 is 0 Å². The Bertz CT molecular complexity index is 448. The molecule has 1 aliphatic carbocycles. The first-order valence-corrected chi connectivity index (χ1v) is 7.17. The minimum absolute atomic E-state index is 0.0619. The van der Waals surface area contributed by atoms with Crippen molar-refractivity contribution >= 4 is 5.91 Å².